The molecule has 1 aliphatic heterocycles. The van der Waals surface area contributed by atoms with Crippen LogP contribution in [0.3, 0.4) is 0 Å². The molecule has 5 rings (SSSR count). The van der Waals surface area contributed by atoms with Gasteiger partial charge in [0.05, 0.1) is 10.6 Å². The van der Waals surface area contributed by atoms with Gasteiger partial charge in [0.2, 0.25) is 5.95 Å². The monoisotopic (exact) mass is 490 g/mol. The van der Waals surface area contributed by atoms with E-state index in [0.717, 1.165) is 42.9 Å². The number of carbonyl (C=O) groups excluding carboxylic acids is 1. The van der Waals surface area contributed by atoms with E-state index >= 15 is 0 Å². The lowest BCUT2D eigenvalue weighted by Gasteiger charge is -2.23. The third-order valence-corrected chi connectivity index (χ3v) is 7.14. The summed E-state index contributed by atoms with van der Waals surface area (Å²) in [6.45, 7) is 1.85. The fourth-order valence-electron chi connectivity index (χ4n) is 4.12. The van der Waals surface area contributed by atoms with Gasteiger partial charge in [0.25, 0.3) is 5.91 Å². The minimum absolute atomic E-state index is 0.0687. The lowest BCUT2D eigenvalue weighted by atomic mass is 10.1. The topological polar surface area (TPSA) is 117 Å². The second-order valence-electron chi connectivity index (χ2n) is 8.61. The molecular weight excluding hydrogens is 464 g/mol. The summed E-state index contributed by atoms with van der Waals surface area (Å²) in [5.41, 5.74) is 3.63. The summed E-state index contributed by atoms with van der Waals surface area (Å²) in [7, 11) is -3.26. The van der Waals surface area contributed by atoms with Crippen molar-refractivity contribution in [1.29, 1.82) is 0 Å². The van der Waals surface area contributed by atoms with E-state index in [0.29, 0.717) is 17.2 Å². The third kappa shape index (κ3) is 5.18. The van der Waals surface area contributed by atoms with E-state index < -0.39 is 9.84 Å². The van der Waals surface area contributed by atoms with Gasteiger partial charge < -0.3 is 16.0 Å². The molecule has 10 heteroatoms. The van der Waals surface area contributed by atoms with E-state index in [1.165, 1.54) is 6.26 Å². The molecule has 0 bridgehead atoms. The Labute approximate surface area is 203 Å². The number of pyridine rings is 1. The smallest absolute Gasteiger partial charge is 0.251 e. The Morgan fingerprint density at radius 3 is 2.40 bits per heavy atom. The average Bonchev–Trinajstić information content (AvgIpc) is 3.27. The van der Waals surface area contributed by atoms with Crippen molar-refractivity contribution in [3.8, 4) is 11.3 Å². The van der Waals surface area contributed by atoms with Crippen molar-refractivity contribution in [2.45, 2.75) is 23.8 Å². The summed E-state index contributed by atoms with van der Waals surface area (Å²) >= 11 is 0. The Hall–Kier alpha value is -3.76. The van der Waals surface area contributed by atoms with Crippen LogP contribution in [0.2, 0.25) is 0 Å². The number of hydrogen-bond acceptors (Lipinski definition) is 7. The average molecular weight is 491 g/mol. The van der Waals surface area contributed by atoms with Gasteiger partial charge >= 0.3 is 0 Å². The minimum Gasteiger partial charge on any atom is -0.349 e. The first-order valence-electron chi connectivity index (χ1n) is 11.4. The fraction of sp³-hybridized carbons (Fsp3) is 0.240. The molecule has 35 heavy (non-hydrogen) atoms. The third-order valence-electron chi connectivity index (χ3n) is 6.02. The maximum Gasteiger partial charge on any atom is 0.251 e. The van der Waals surface area contributed by atoms with Crippen molar-refractivity contribution in [2.24, 2.45) is 0 Å². The highest BCUT2D eigenvalue weighted by atomic mass is 32.2. The Kier molecular flexibility index (Phi) is 6.23. The van der Waals surface area contributed by atoms with Crippen LogP contribution in [0, 0.1) is 0 Å². The summed E-state index contributed by atoms with van der Waals surface area (Å²) in [5.74, 6) is 0.345. The number of benzene rings is 2. The molecule has 180 valence electrons. The number of fused-ring (bicyclic) bond motifs is 1. The number of anilines is 2. The Bertz CT molecular complexity index is 1460. The standard InChI is InChI=1S/C25H26N6O3S/c1-35(33,34)21-11-7-17(8-12-21)22-3-2-4-23-29-25(30-31(22)23)28-19-9-5-18(6-10-19)24(32)27-20-13-15-26-16-14-20/h2-12,20,26H,13-16H2,1H3,(H,27,32)(H,28,30). The van der Waals surface area contributed by atoms with Crippen molar-refractivity contribution in [1.82, 2.24) is 25.2 Å². The summed E-state index contributed by atoms with van der Waals surface area (Å²) in [5, 5.41) is 14.2. The number of nitrogens with one attached hydrogen (secondary N) is 3. The SMILES string of the molecule is CS(=O)(=O)c1ccc(-c2cccc3nc(Nc4ccc(C(=O)NC5CCNCC5)cc4)nn23)cc1. The molecule has 0 aliphatic carbocycles. The van der Waals surface area contributed by atoms with Gasteiger partial charge in [-0.2, -0.15) is 4.98 Å². The number of aromatic nitrogens is 3. The quantitative estimate of drug-likeness (QED) is 0.380. The normalized spacial score (nSPS) is 14.7. The number of piperidine rings is 1. The number of nitrogens with zero attached hydrogens (tertiary/aromatic N) is 3. The zero-order chi connectivity index (χ0) is 24.4. The van der Waals surface area contributed by atoms with Crippen LogP contribution in [0.1, 0.15) is 23.2 Å². The molecular formula is C25H26N6O3S. The molecule has 1 aliphatic rings. The van der Waals surface area contributed by atoms with Crippen LogP contribution in [0.5, 0.6) is 0 Å². The van der Waals surface area contributed by atoms with E-state index in [1.54, 1.807) is 40.9 Å². The van der Waals surface area contributed by atoms with E-state index in [-0.39, 0.29) is 16.8 Å². The van der Waals surface area contributed by atoms with Gasteiger partial charge in [0.1, 0.15) is 0 Å². The van der Waals surface area contributed by atoms with Crippen molar-refractivity contribution < 1.29 is 13.2 Å². The van der Waals surface area contributed by atoms with E-state index in [2.05, 4.69) is 26.0 Å². The van der Waals surface area contributed by atoms with Gasteiger partial charge in [-0.3, -0.25) is 4.79 Å². The number of sulfone groups is 1. The lowest BCUT2D eigenvalue weighted by molar-refractivity contribution is 0.0929. The van der Waals surface area contributed by atoms with Crippen molar-refractivity contribution in [2.75, 3.05) is 24.7 Å². The van der Waals surface area contributed by atoms with Crippen molar-refractivity contribution in [3.63, 3.8) is 0 Å². The number of rotatable bonds is 6. The van der Waals surface area contributed by atoms with Crippen LogP contribution in [0.4, 0.5) is 11.6 Å². The molecule has 0 spiro atoms. The first-order chi connectivity index (χ1) is 16.9. The second kappa shape index (κ2) is 9.47. The Morgan fingerprint density at radius 2 is 1.71 bits per heavy atom. The molecule has 1 amide bonds. The second-order valence-corrected chi connectivity index (χ2v) is 10.6. The van der Waals surface area contributed by atoms with Gasteiger partial charge in [-0.15, -0.1) is 5.10 Å². The minimum atomic E-state index is -3.26. The molecule has 3 N–H and O–H groups in total. The Balaban J connectivity index is 1.32. The van der Waals surface area contributed by atoms with Crippen molar-refractivity contribution >= 4 is 33.0 Å². The van der Waals surface area contributed by atoms with Crippen molar-refractivity contribution in [3.05, 3.63) is 72.3 Å². The predicted molar refractivity (Wildman–Crippen MR) is 135 cm³/mol. The molecule has 0 radical (unpaired) electrons. The number of hydrogen-bond donors (Lipinski definition) is 3. The van der Waals surface area contributed by atoms with Gasteiger partial charge in [0, 0.05) is 29.1 Å². The Morgan fingerprint density at radius 1 is 1.00 bits per heavy atom. The summed E-state index contributed by atoms with van der Waals surface area (Å²) in [4.78, 5) is 17.3. The highest BCUT2D eigenvalue weighted by Gasteiger charge is 2.16. The van der Waals surface area contributed by atoms with Crippen LogP contribution in [0.25, 0.3) is 16.9 Å². The van der Waals surface area contributed by atoms with Gasteiger partial charge in [0.15, 0.2) is 15.5 Å². The first-order valence-corrected chi connectivity index (χ1v) is 13.3. The number of amides is 1. The highest BCUT2D eigenvalue weighted by molar-refractivity contribution is 7.90. The van der Waals surface area contributed by atoms with Gasteiger partial charge in [-0.05, 0) is 74.5 Å². The molecule has 4 aromatic rings. The maximum absolute atomic E-state index is 12.5. The molecule has 0 unspecified atom stereocenters. The zero-order valence-electron chi connectivity index (χ0n) is 19.2. The largest absolute Gasteiger partial charge is 0.349 e. The molecule has 0 atom stereocenters. The summed E-state index contributed by atoms with van der Waals surface area (Å²) < 4.78 is 25.2. The van der Waals surface area contributed by atoms with E-state index in [9.17, 15) is 13.2 Å². The maximum atomic E-state index is 12.5. The summed E-state index contributed by atoms with van der Waals surface area (Å²) in [6.07, 6.45) is 3.06. The van der Waals surface area contributed by atoms with Crippen LogP contribution >= 0.6 is 0 Å². The molecule has 0 saturated carbocycles. The van der Waals surface area contributed by atoms with E-state index in [4.69, 9.17) is 0 Å². The molecule has 2 aromatic heterocycles. The molecule has 1 fully saturated rings. The van der Waals surface area contributed by atoms with Crippen LogP contribution in [-0.2, 0) is 9.84 Å². The van der Waals surface area contributed by atoms with Crippen LogP contribution in [-0.4, -0.2) is 54.3 Å². The fourth-order valence-corrected chi connectivity index (χ4v) is 4.75. The molecule has 2 aromatic carbocycles. The number of carbonyl (C=O) groups is 1. The first kappa shape index (κ1) is 23.0. The van der Waals surface area contributed by atoms with Gasteiger partial charge in [-0.1, -0.05) is 18.2 Å². The predicted octanol–water partition coefficient (Wildman–Crippen LogP) is 3.03. The van der Waals surface area contributed by atoms with E-state index in [1.807, 2.05) is 30.3 Å². The molecule has 9 nitrogen and oxygen atoms in total. The van der Waals surface area contributed by atoms with Crippen LogP contribution < -0.4 is 16.0 Å². The molecule has 3 heterocycles. The zero-order valence-corrected chi connectivity index (χ0v) is 20.0. The summed E-state index contributed by atoms with van der Waals surface area (Å²) in [6, 6.07) is 19.7. The lowest BCUT2D eigenvalue weighted by Crippen LogP contribution is -2.42. The highest BCUT2D eigenvalue weighted by Crippen LogP contribution is 2.24. The molecule has 1 saturated heterocycles. The van der Waals surface area contributed by atoms with Crippen LogP contribution in [0.15, 0.2) is 71.6 Å². The van der Waals surface area contributed by atoms with Gasteiger partial charge in [-0.25, -0.2) is 12.9 Å².